The number of hydrogen-bond donors (Lipinski definition) is 0. The van der Waals surface area contributed by atoms with Gasteiger partial charge in [-0.05, 0) is 17.2 Å². The average Bonchev–Trinajstić information content (AvgIpc) is 2.47. The summed E-state index contributed by atoms with van der Waals surface area (Å²) in [5.74, 6) is 0. The van der Waals surface area contributed by atoms with Gasteiger partial charge in [0.15, 0.2) is 0 Å². The lowest BCUT2D eigenvalue weighted by atomic mass is 10.2. The Morgan fingerprint density at radius 2 is 2.42 bits per heavy atom. The van der Waals surface area contributed by atoms with Gasteiger partial charge in [-0.3, -0.25) is 0 Å². The molecule has 3 heteroatoms. The summed E-state index contributed by atoms with van der Waals surface area (Å²) < 4.78 is 4.80. The lowest BCUT2D eigenvalue weighted by molar-refractivity contribution is 0.560. The van der Waals surface area contributed by atoms with Gasteiger partial charge < -0.3 is 4.42 Å². The maximum atomic E-state index is 5.48. The number of rotatable bonds is 3. The summed E-state index contributed by atoms with van der Waals surface area (Å²) in [7, 11) is 0. The van der Waals surface area contributed by atoms with E-state index in [1.807, 2.05) is 0 Å². The van der Waals surface area contributed by atoms with Gasteiger partial charge in [-0.1, -0.05) is 31.4 Å². The van der Waals surface area contributed by atoms with Crippen molar-refractivity contribution >= 4 is 17.2 Å². The van der Waals surface area contributed by atoms with Gasteiger partial charge in [0, 0.05) is 0 Å². The maximum absolute atomic E-state index is 5.48. The van der Waals surface area contributed by atoms with E-state index in [2.05, 4.69) is 18.1 Å². The molecule has 0 fully saturated rings. The van der Waals surface area contributed by atoms with E-state index in [4.69, 9.17) is 16.0 Å². The number of aromatic nitrogens is 1. The fourth-order valence-corrected chi connectivity index (χ4v) is 0.805. The summed E-state index contributed by atoms with van der Waals surface area (Å²) in [6, 6.07) is 0. The van der Waals surface area contributed by atoms with Gasteiger partial charge in [0.25, 0.3) is 5.35 Å². The Hall–Kier alpha value is -1.28. The van der Waals surface area contributed by atoms with Crippen molar-refractivity contribution in [2.45, 2.75) is 0 Å². The Bertz CT molecular complexity index is 325. The number of oxazole rings is 1. The topological polar surface area (TPSA) is 26.0 Å². The Labute approximate surface area is 75.9 Å². The molecular weight excluding hydrogens is 174 g/mol. The summed E-state index contributed by atoms with van der Waals surface area (Å²) in [4.78, 5) is 3.88. The Kier molecular flexibility index (Phi) is 2.88. The zero-order chi connectivity index (χ0) is 8.97. The quantitative estimate of drug-likeness (QED) is 0.670. The average molecular weight is 182 g/mol. The van der Waals surface area contributed by atoms with Gasteiger partial charge in [0.05, 0.1) is 0 Å². The van der Waals surface area contributed by atoms with Crippen molar-refractivity contribution in [3.8, 4) is 0 Å². The molecule has 1 aromatic heterocycles. The van der Waals surface area contributed by atoms with Crippen LogP contribution in [0.15, 0.2) is 42.1 Å². The van der Waals surface area contributed by atoms with Crippen LogP contribution in [0.2, 0.25) is 5.35 Å². The van der Waals surface area contributed by atoms with Gasteiger partial charge in [0.1, 0.15) is 12.0 Å². The highest BCUT2D eigenvalue weighted by Crippen LogP contribution is 2.15. The van der Waals surface area contributed by atoms with E-state index in [0.717, 1.165) is 5.57 Å². The molecule has 0 unspecified atom stereocenters. The molecule has 0 atom stereocenters. The number of hydrogen-bond acceptors (Lipinski definition) is 2. The third-order valence-corrected chi connectivity index (χ3v) is 1.41. The van der Waals surface area contributed by atoms with Crippen molar-refractivity contribution in [2.24, 2.45) is 0 Å². The molecule has 0 aromatic carbocycles. The van der Waals surface area contributed by atoms with Crippen molar-refractivity contribution in [1.29, 1.82) is 0 Å². The van der Waals surface area contributed by atoms with Gasteiger partial charge >= 0.3 is 0 Å². The molecular formula is C9H8ClNO. The van der Waals surface area contributed by atoms with E-state index in [0.29, 0.717) is 5.69 Å². The Morgan fingerprint density at radius 3 is 2.92 bits per heavy atom. The predicted octanol–water partition coefficient (Wildman–Crippen LogP) is 3.08. The van der Waals surface area contributed by atoms with Gasteiger partial charge in [-0.25, -0.2) is 0 Å². The molecule has 0 aliphatic carbocycles. The minimum absolute atomic E-state index is 0.123. The molecule has 2 nitrogen and oxygen atoms in total. The van der Waals surface area contributed by atoms with Crippen LogP contribution in [0.1, 0.15) is 5.69 Å². The van der Waals surface area contributed by atoms with E-state index < -0.39 is 0 Å². The van der Waals surface area contributed by atoms with E-state index >= 15 is 0 Å². The number of nitrogens with zero attached hydrogens (tertiary/aromatic N) is 1. The Balaban J connectivity index is 2.78. The summed E-state index contributed by atoms with van der Waals surface area (Å²) in [5.41, 5.74) is 1.38. The zero-order valence-corrected chi connectivity index (χ0v) is 7.21. The minimum atomic E-state index is 0.123. The van der Waals surface area contributed by atoms with Crippen LogP contribution in [0.4, 0.5) is 0 Å². The summed E-state index contributed by atoms with van der Waals surface area (Å²) in [6.45, 7) is 7.29. The molecule has 1 aromatic rings. The summed E-state index contributed by atoms with van der Waals surface area (Å²) in [5, 5.41) is 0.123. The molecule has 0 saturated carbocycles. The Morgan fingerprint density at radius 1 is 1.67 bits per heavy atom. The van der Waals surface area contributed by atoms with Crippen LogP contribution in [-0.2, 0) is 0 Å². The molecule has 0 amide bonds. The molecule has 0 spiro atoms. The second-order valence-corrected chi connectivity index (χ2v) is 2.43. The smallest absolute Gasteiger partial charge is 0.292 e. The first kappa shape index (κ1) is 8.81. The second kappa shape index (κ2) is 3.93. The standard InChI is InChI=1S/C9H8ClNO/c1-3-4-5-7(2)8-6-12-9(10)11-8/h3-6H,1-2H2/b5-4-. The summed E-state index contributed by atoms with van der Waals surface area (Å²) in [6.07, 6.45) is 6.66. The van der Waals surface area contributed by atoms with Crippen molar-refractivity contribution in [1.82, 2.24) is 4.98 Å². The van der Waals surface area contributed by atoms with Crippen molar-refractivity contribution in [3.05, 3.63) is 48.7 Å². The fourth-order valence-electron chi connectivity index (χ4n) is 0.669. The lowest BCUT2D eigenvalue weighted by Gasteiger charge is -1.88. The monoisotopic (exact) mass is 181 g/mol. The number of allylic oxidation sites excluding steroid dienone is 4. The first-order chi connectivity index (χ1) is 5.74. The molecule has 0 aliphatic rings. The van der Waals surface area contributed by atoms with E-state index in [1.54, 1.807) is 18.2 Å². The third-order valence-electron chi connectivity index (χ3n) is 1.24. The fraction of sp³-hybridized carbons (Fsp3) is 0. The number of halogens is 1. The molecule has 12 heavy (non-hydrogen) atoms. The molecule has 0 bridgehead atoms. The van der Waals surface area contributed by atoms with Crippen molar-refractivity contribution in [2.75, 3.05) is 0 Å². The van der Waals surface area contributed by atoms with E-state index in [9.17, 15) is 0 Å². The molecule has 62 valence electrons. The normalized spacial score (nSPS) is 10.4. The predicted molar refractivity (Wildman–Crippen MR) is 49.9 cm³/mol. The third kappa shape index (κ3) is 2.10. The molecule has 1 rings (SSSR count). The second-order valence-electron chi connectivity index (χ2n) is 2.11. The molecule has 0 radical (unpaired) electrons. The van der Waals surface area contributed by atoms with Crippen LogP contribution in [0.3, 0.4) is 0 Å². The lowest BCUT2D eigenvalue weighted by Crippen LogP contribution is -1.76. The zero-order valence-electron chi connectivity index (χ0n) is 6.46. The van der Waals surface area contributed by atoms with Crippen LogP contribution in [0, 0.1) is 0 Å². The van der Waals surface area contributed by atoms with Gasteiger partial charge in [-0.2, -0.15) is 4.98 Å². The highest BCUT2D eigenvalue weighted by atomic mass is 35.5. The highest BCUT2D eigenvalue weighted by Gasteiger charge is 2.01. The minimum Gasteiger partial charge on any atom is -0.436 e. The van der Waals surface area contributed by atoms with Crippen LogP contribution < -0.4 is 0 Å². The first-order valence-corrected chi connectivity index (χ1v) is 3.71. The van der Waals surface area contributed by atoms with Crippen LogP contribution in [-0.4, -0.2) is 4.98 Å². The van der Waals surface area contributed by atoms with Crippen LogP contribution >= 0.6 is 11.6 Å². The van der Waals surface area contributed by atoms with Crippen LogP contribution in [0.5, 0.6) is 0 Å². The van der Waals surface area contributed by atoms with Crippen molar-refractivity contribution in [3.63, 3.8) is 0 Å². The van der Waals surface area contributed by atoms with E-state index in [1.165, 1.54) is 6.26 Å². The SMILES string of the molecule is C=C/C=C\C(=C)c1coc(Cl)n1. The van der Waals surface area contributed by atoms with Crippen molar-refractivity contribution < 1.29 is 4.42 Å². The van der Waals surface area contributed by atoms with E-state index in [-0.39, 0.29) is 5.35 Å². The molecule has 0 saturated heterocycles. The van der Waals surface area contributed by atoms with Gasteiger partial charge in [0.2, 0.25) is 0 Å². The first-order valence-electron chi connectivity index (χ1n) is 3.33. The van der Waals surface area contributed by atoms with Crippen LogP contribution in [0.25, 0.3) is 5.57 Å². The largest absolute Gasteiger partial charge is 0.436 e. The maximum Gasteiger partial charge on any atom is 0.292 e. The summed E-state index contributed by atoms with van der Waals surface area (Å²) >= 11 is 5.48. The molecule has 1 heterocycles. The highest BCUT2D eigenvalue weighted by molar-refractivity contribution is 6.27. The molecule has 0 N–H and O–H groups in total. The van der Waals surface area contributed by atoms with Gasteiger partial charge in [-0.15, -0.1) is 0 Å². The molecule has 0 aliphatic heterocycles.